The van der Waals surface area contributed by atoms with Crippen LogP contribution >= 0.6 is 0 Å². The number of hydrogen-bond acceptors (Lipinski definition) is 1. The van der Waals surface area contributed by atoms with Gasteiger partial charge >= 0.3 is 0 Å². The zero-order chi connectivity index (χ0) is 11.1. The number of rotatable bonds is 7. The van der Waals surface area contributed by atoms with Crippen LogP contribution in [-0.2, 0) is 0 Å². The van der Waals surface area contributed by atoms with Crippen LogP contribution < -0.4 is 5.32 Å². The monoisotopic (exact) mass is 211 g/mol. The summed E-state index contributed by atoms with van der Waals surface area (Å²) in [5, 5.41) is 3.69. The van der Waals surface area contributed by atoms with Gasteiger partial charge in [0.1, 0.15) is 0 Å². The SMILES string of the molecule is CCCC(C)C(CC1CCCC1)NCC. The molecule has 2 atom stereocenters. The van der Waals surface area contributed by atoms with Crippen molar-refractivity contribution in [2.75, 3.05) is 6.54 Å². The molecule has 1 aliphatic carbocycles. The molecule has 1 N–H and O–H groups in total. The highest BCUT2D eigenvalue weighted by atomic mass is 14.9. The summed E-state index contributed by atoms with van der Waals surface area (Å²) in [6.07, 6.45) is 10.1. The van der Waals surface area contributed by atoms with Gasteiger partial charge in [-0.05, 0) is 31.2 Å². The standard InChI is InChI=1S/C14H29N/c1-4-8-12(3)14(15-5-2)11-13-9-6-7-10-13/h12-15H,4-11H2,1-3H3. The zero-order valence-corrected chi connectivity index (χ0v) is 10.9. The summed E-state index contributed by atoms with van der Waals surface area (Å²) < 4.78 is 0. The van der Waals surface area contributed by atoms with Crippen LogP contribution in [0.1, 0.15) is 65.7 Å². The van der Waals surface area contributed by atoms with Crippen LogP contribution in [0.5, 0.6) is 0 Å². The van der Waals surface area contributed by atoms with E-state index in [1.165, 1.54) is 44.9 Å². The largest absolute Gasteiger partial charge is 0.314 e. The lowest BCUT2D eigenvalue weighted by atomic mass is 9.88. The van der Waals surface area contributed by atoms with Crippen LogP contribution in [0.25, 0.3) is 0 Å². The summed E-state index contributed by atoms with van der Waals surface area (Å²) in [7, 11) is 0. The Morgan fingerprint density at radius 3 is 2.40 bits per heavy atom. The predicted octanol–water partition coefficient (Wildman–Crippen LogP) is 3.98. The predicted molar refractivity (Wildman–Crippen MR) is 68.1 cm³/mol. The molecule has 0 radical (unpaired) electrons. The smallest absolute Gasteiger partial charge is 0.00952 e. The molecule has 0 spiro atoms. The van der Waals surface area contributed by atoms with Gasteiger partial charge in [0, 0.05) is 6.04 Å². The van der Waals surface area contributed by atoms with Gasteiger partial charge < -0.3 is 5.32 Å². The Kier molecular flexibility index (Phi) is 6.31. The van der Waals surface area contributed by atoms with E-state index in [0.717, 1.165) is 24.4 Å². The summed E-state index contributed by atoms with van der Waals surface area (Å²) in [6.45, 7) is 8.09. The molecular weight excluding hydrogens is 182 g/mol. The van der Waals surface area contributed by atoms with Gasteiger partial charge in [0.05, 0.1) is 0 Å². The summed E-state index contributed by atoms with van der Waals surface area (Å²) in [6, 6.07) is 0.776. The normalized spacial score (nSPS) is 21.8. The van der Waals surface area contributed by atoms with Gasteiger partial charge in [-0.2, -0.15) is 0 Å². The van der Waals surface area contributed by atoms with Crippen molar-refractivity contribution in [2.45, 2.75) is 71.8 Å². The maximum Gasteiger partial charge on any atom is 0.00952 e. The Hall–Kier alpha value is -0.0400. The van der Waals surface area contributed by atoms with Gasteiger partial charge in [-0.25, -0.2) is 0 Å². The second kappa shape index (κ2) is 7.27. The first-order valence-corrected chi connectivity index (χ1v) is 7.01. The van der Waals surface area contributed by atoms with Crippen LogP contribution in [0.15, 0.2) is 0 Å². The van der Waals surface area contributed by atoms with Crippen molar-refractivity contribution in [1.29, 1.82) is 0 Å². The molecular formula is C14H29N. The third-order valence-corrected chi connectivity index (χ3v) is 3.96. The van der Waals surface area contributed by atoms with E-state index in [1.807, 2.05) is 0 Å². The molecule has 0 aromatic heterocycles. The Bertz CT molecular complexity index is 149. The minimum absolute atomic E-state index is 0.776. The third kappa shape index (κ3) is 4.55. The van der Waals surface area contributed by atoms with Crippen molar-refractivity contribution in [1.82, 2.24) is 5.32 Å². The van der Waals surface area contributed by atoms with Crippen molar-refractivity contribution >= 4 is 0 Å². The summed E-state index contributed by atoms with van der Waals surface area (Å²) in [4.78, 5) is 0. The molecule has 1 aliphatic rings. The highest BCUT2D eigenvalue weighted by Gasteiger charge is 2.22. The summed E-state index contributed by atoms with van der Waals surface area (Å²) in [5.41, 5.74) is 0. The third-order valence-electron chi connectivity index (χ3n) is 3.96. The average Bonchev–Trinajstić information content (AvgIpc) is 2.70. The lowest BCUT2D eigenvalue weighted by Gasteiger charge is -2.27. The fraction of sp³-hybridized carbons (Fsp3) is 1.00. The van der Waals surface area contributed by atoms with E-state index >= 15 is 0 Å². The van der Waals surface area contributed by atoms with Crippen molar-refractivity contribution < 1.29 is 0 Å². The van der Waals surface area contributed by atoms with Crippen LogP contribution in [-0.4, -0.2) is 12.6 Å². The highest BCUT2D eigenvalue weighted by Crippen LogP contribution is 2.30. The maximum absolute atomic E-state index is 3.69. The van der Waals surface area contributed by atoms with Crippen LogP contribution in [0.2, 0.25) is 0 Å². The van der Waals surface area contributed by atoms with Crippen LogP contribution in [0.3, 0.4) is 0 Å². The maximum atomic E-state index is 3.69. The molecule has 2 unspecified atom stereocenters. The molecule has 0 amide bonds. The molecule has 1 nitrogen and oxygen atoms in total. The van der Waals surface area contributed by atoms with Gasteiger partial charge in [-0.15, -0.1) is 0 Å². The van der Waals surface area contributed by atoms with Gasteiger partial charge in [-0.3, -0.25) is 0 Å². The lowest BCUT2D eigenvalue weighted by molar-refractivity contribution is 0.297. The molecule has 0 aromatic rings. The van der Waals surface area contributed by atoms with Gasteiger partial charge in [0.2, 0.25) is 0 Å². The molecule has 1 heteroatoms. The van der Waals surface area contributed by atoms with Crippen LogP contribution in [0.4, 0.5) is 0 Å². The number of nitrogens with one attached hydrogen (secondary N) is 1. The molecule has 1 saturated carbocycles. The fourth-order valence-electron chi connectivity index (χ4n) is 3.04. The average molecular weight is 211 g/mol. The van der Waals surface area contributed by atoms with E-state index in [0.29, 0.717) is 0 Å². The summed E-state index contributed by atoms with van der Waals surface area (Å²) >= 11 is 0. The molecule has 0 saturated heterocycles. The number of hydrogen-bond donors (Lipinski definition) is 1. The van der Waals surface area contributed by atoms with E-state index in [4.69, 9.17) is 0 Å². The highest BCUT2D eigenvalue weighted by molar-refractivity contribution is 4.79. The minimum atomic E-state index is 0.776. The Morgan fingerprint density at radius 1 is 1.20 bits per heavy atom. The Balaban J connectivity index is 2.33. The first-order valence-electron chi connectivity index (χ1n) is 7.01. The van der Waals surface area contributed by atoms with Gasteiger partial charge in [0.15, 0.2) is 0 Å². The first kappa shape index (κ1) is 13.0. The summed E-state index contributed by atoms with van der Waals surface area (Å²) in [5.74, 6) is 1.88. The first-order chi connectivity index (χ1) is 7.27. The molecule has 0 aliphatic heterocycles. The van der Waals surface area contributed by atoms with E-state index in [-0.39, 0.29) is 0 Å². The molecule has 1 rings (SSSR count). The second-order valence-corrected chi connectivity index (χ2v) is 5.32. The Labute approximate surface area is 96.0 Å². The van der Waals surface area contributed by atoms with Crippen molar-refractivity contribution in [3.05, 3.63) is 0 Å². The minimum Gasteiger partial charge on any atom is -0.314 e. The molecule has 0 heterocycles. The van der Waals surface area contributed by atoms with Crippen molar-refractivity contribution in [2.24, 2.45) is 11.8 Å². The zero-order valence-electron chi connectivity index (χ0n) is 10.9. The van der Waals surface area contributed by atoms with E-state index in [9.17, 15) is 0 Å². The van der Waals surface area contributed by atoms with E-state index < -0.39 is 0 Å². The topological polar surface area (TPSA) is 12.0 Å². The lowest BCUT2D eigenvalue weighted by Crippen LogP contribution is -2.36. The van der Waals surface area contributed by atoms with Gasteiger partial charge in [0.25, 0.3) is 0 Å². The second-order valence-electron chi connectivity index (χ2n) is 5.32. The molecule has 0 aromatic carbocycles. The van der Waals surface area contributed by atoms with Crippen molar-refractivity contribution in [3.63, 3.8) is 0 Å². The van der Waals surface area contributed by atoms with E-state index in [1.54, 1.807) is 0 Å². The quantitative estimate of drug-likeness (QED) is 0.671. The molecule has 1 fully saturated rings. The molecule has 15 heavy (non-hydrogen) atoms. The van der Waals surface area contributed by atoms with Crippen molar-refractivity contribution in [3.8, 4) is 0 Å². The Morgan fingerprint density at radius 2 is 1.87 bits per heavy atom. The molecule has 0 bridgehead atoms. The van der Waals surface area contributed by atoms with Gasteiger partial charge in [-0.1, -0.05) is 52.9 Å². The van der Waals surface area contributed by atoms with Crippen LogP contribution in [0, 0.1) is 11.8 Å². The van der Waals surface area contributed by atoms with E-state index in [2.05, 4.69) is 26.1 Å². The molecule has 90 valence electrons. The fourth-order valence-corrected chi connectivity index (χ4v) is 3.04.